The van der Waals surface area contributed by atoms with E-state index in [2.05, 4.69) is 74.6 Å². The number of carboxylic acids is 1. The van der Waals surface area contributed by atoms with E-state index >= 15 is 0 Å². The van der Waals surface area contributed by atoms with Gasteiger partial charge in [-0.25, -0.2) is 0 Å². The number of carbonyl (C=O) groups is 2. The first kappa shape index (κ1) is 47.6. The fraction of sp³-hybridized carbons (Fsp3) is 0.739. The topological polar surface area (TPSA) is 63.6 Å². The Morgan fingerprint density at radius 2 is 0.800 bits per heavy atom. The zero-order valence-corrected chi connectivity index (χ0v) is 32.9. The molecule has 0 bridgehead atoms. The van der Waals surface area contributed by atoms with Crippen molar-refractivity contribution >= 4 is 11.9 Å². The molecule has 0 aromatic rings. The third kappa shape index (κ3) is 41.8. The Morgan fingerprint density at radius 1 is 0.460 bits per heavy atom. The van der Waals surface area contributed by atoms with E-state index in [1.165, 1.54) is 103 Å². The smallest absolute Gasteiger partial charge is 0.306 e. The van der Waals surface area contributed by atoms with Crippen molar-refractivity contribution in [2.75, 3.05) is 0 Å². The Hall–Kier alpha value is -2.36. The van der Waals surface area contributed by atoms with Crippen molar-refractivity contribution in [3.8, 4) is 0 Å². The minimum atomic E-state index is -0.662. The number of ether oxygens (including phenoxy) is 1. The van der Waals surface area contributed by atoms with Crippen LogP contribution in [-0.4, -0.2) is 23.1 Å². The number of rotatable bonds is 38. The molecule has 0 heterocycles. The molecular weight excluding hydrogens is 617 g/mol. The third-order valence-electron chi connectivity index (χ3n) is 9.24. The first-order valence-electron chi connectivity index (χ1n) is 21.2. The average Bonchev–Trinajstić information content (AvgIpc) is 3.09. The van der Waals surface area contributed by atoms with Gasteiger partial charge in [-0.2, -0.15) is 0 Å². The molecule has 0 fully saturated rings. The number of carbonyl (C=O) groups excluding carboxylic acids is 1. The Morgan fingerprint density at radius 3 is 1.22 bits per heavy atom. The molecule has 0 spiro atoms. The molecule has 0 radical (unpaired) electrons. The predicted octanol–water partition coefficient (Wildman–Crippen LogP) is 14.9. The van der Waals surface area contributed by atoms with Crippen molar-refractivity contribution in [1.29, 1.82) is 0 Å². The van der Waals surface area contributed by atoms with Crippen LogP contribution < -0.4 is 0 Å². The lowest BCUT2D eigenvalue weighted by Gasteiger charge is -2.13. The Kier molecular flexibility index (Phi) is 39.1. The van der Waals surface area contributed by atoms with Crippen molar-refractivity contribution in [3.05, 3.63) is 60.8 Å². The van der Waals surface area contributed by atoms with E-state index in [-0.39, 0.29) is 12.1 Å². The van der Waals surface area contributed by atoms with Crippen LogP contribution >= 0.6 is 0 Å². The Balaban J connectivity index is 3.39. The van der Waals surface area contributed by atoms with Crippen LogP contribution in [0.5, 0.6) is 0 Å². The van der Waals surface area contributed by atoms with E-state index in [0.29, 0.717) is 12.8 Å². The van der Waals surface area contributed by atoms with Crippen molar-refractivity contribution in [3.63, 3.8) is 0 Å². The second-order valence-electron chi connectivity index (χ2n) is 14.3. The molecule has 0 saturated carbocycles. The van der Waals surface area contributed by atoms with Crippen LogP contribution in [0.4, 0.5) is 0 Å². The summed E-state index contributed by atoms with van der Waals surface area (Å²) in [7, 11) is 0. The molecular formula is C46H80O4. The lowest BCUT2D eigenvalue weighted by atomic mass is 10.0. The van der Waals surface area contributed by atoms with Crippen molar-refractivity contribution in [2.45, 2.75) is 219 Å². The summed E-state index contributed by atoms with van der Waals surface area (Å²) in [6, 6.07) is 0. The molecule has 0 rings (SSSR count). The Bertz CT molecular complexity index is 881. The highest BCUT2D eigenvalue weighted by Crippen LogP contribution is 2.16. The van der Waals surface area contributed by atoms with Crippen LogP contribution in [0.3, 0.4) is 0 Å². The van der Waals surface area contributed by atoms with Crippen molar-refractivity contribution < 1.29 is 19.4 Å². The summed E-state index contributed by atoms with van der Waals surface area (Å²) in [5.74, 6) is -0.684. The monoisotopic (exact) mass is 697 g/mol. The molecule has 50 heavy (non-hydrogen) atoms. The molecule has 1 unspecified atom stereocenters. The normalized spacial score (nSPS) is 12.8. The molecule has 4 nitrogen and oxygen atoms in total. The Labute approximate surface area is 310 Å². The average molecular weight is 697 g/mol. The van der Waals surface area contributed by atoms with Crippen LogP contribution in [0.1, 0.15) is 213 Å². The van der Waals surface area contributed by atoms with Gasteiger partial charge in [0.15, 0.2) is 0 Å². The van der Waals surface area contributed by atoms with Crippen LogP contribution in [0.2, 0.25) is 0 Å². The van der Waals surface area contributed by atoms with Gasteiger partial charge in [-0.15, -0.1) is 0 Å². The summed E-state index contributed by atoms with van der Waals surface area (Å²) >= 11 is 0. The maximum Gasteiger partial charge on any atom is 0.306 e. The molecule has 0 aliphatic heterocycles. The second-order valence-corrected chi connectivity index (χ2v) is 14.3. The maximum atomic E-state index is 12.2. The van der Waals surface area contributed by atoms with E-state index in [9.17, 15) is 9.59 Å². The molecule has 0 aliphatic carbocycles. The lowest BCUT2D eigenvalue weighted by molar-refractivity contribution is -0.148. The van der Waals surface area contributed by atoms with Crippen LogP contribution in [-0.2, 0) is 14.3 Å². The van der Waals surface area contributed by atoms with Crippen LogP contribution in [0, 0.1) is 0 Å². The quantitative estimate of drug-likeness (QED) is 0.0396. The molecule has 288 valence electrons. The van der Waals surface area contributed by atoms with Gasteiger partial charge >= 0.3 is 11.9 Å². The van der Waals surface area contributed by atoms with Gasteiger partial charge in [0.1, 0.15) is 0 Å². The van der Waals surface area contributed by atoms with Crippen LogP contribution in [0.25, 0.3) is 0 Å². The summed E-state index contributed by atoms with van der Waals surface area (Å²) in [5.41, 5.74) is 0. The van der Waals surface area contributed by atoms with E-state index < -0.39 is 5.97 Å². The minimum absolute atomic E-state index is 0.0225. The fourth-order valence-corrected chi connectivity index (χ4v) is 6.13. The first-order chi connectivity index (χ1) is 24.6. The number of esters is 1. The lowest BCUT2D eigenvalue weighted by Crippen LogP contribution is -2.14. The summed E-state index contributed by atoms with van der Waals surface area (Å²) in [6.45, 7) is 4.21. The first-order valence-corrected chi connectivity index (χ1v) is 21.2. The number of carboxylic acid groups (broad SMARTS) is 1. The highest BCUT2D eigenvalue weighted by molar-refractivity contribution is 5.69. The number of unbranched alkanes of at least 4 members (excludes halogenated alkanes) is 21. The maximum absolute atomic E-state index is 12.2. The summed E-state index contributed by atoms with van der Waals surface area (Å²) in [6.07, 6.45) is 58.1. The summed E-state index contributed by atoms with van der Waals surface area (Å²) in [5, 5.41) is 8.65. The van der Waals surface area contributed by atoms with Gasteiger partial charge in [0.2, 0.25) is 0 Å². The molecule has 1 atom stereocenters. The number of allylic oxidation sites excluding steroid dienone is 10. The zero-order valence-electron chi connectivity index (χ0n) is 32.9. The van der Waals surface area contributed by atoms with Gasteiger partial charge in [-0.1, -0.05) is 183 Å². The van der Waals surface area contributed by atoms with Gasteiger partial charge in [-0.3, -0.25) is 9.59 Å². The van der Waals surface area contributed by atoms with Gasteiger partial charge in [0.05, 0.1) is 6.10 Å². The van der Waals surface area contributed by atoms with Crippen molar-refractivity contribution in [2.24, 2.45) is 0 Å². The van der Waals surface area contributed by atoms with Gasteiger partial charge in [0.25, 0.3) is 0 Å². The standard InChI is InChI=1S/C46H80O4/c1-3-4-5-6-7-8-9-10-11-12-14-19-22-25-28-31-34-37-40-43-46(49)50-44(2)41-38-35-32-29-26-23-20-17-15-13-16-18-21-24-27-30-33-36-39-42-45(47)48/h4-5,7-8,10-11,14,19,25,28,44H,3,6,9,12-13,15-18,20-24,26-27,29-43H2,1-2H3,(H,47,48)/b5-4-,8-7-,11-10-,19-14-,28-25-. The highest BCUT2D eigenvalue weighted by atomic mass is 16.5. The third-order valence-corrected chi connectivity index (χ3v) is 9.24. The zero-order chi connectivity index (χ0) is 36.4. The van der Waals surface area contributed by atoms with Crippen molar-refractivity contribution in [1.82, 2.24) is 0 Å². The van der Waals surface area contributed by atoms with Gasteiger partial charge in [0, 0.05) is 12.8 Å². The molecule has 0 amide bonds. The van der Waals surface area contributed by atoms with Gasteiger partial charge in [-0.05, 0) is 77.6 Å². The number of hydrogen-bond donors (Lipinski definition) is 1. The largest absolute Gasteiger partial charge is 0.481 e. The SMILES string of the molecule is CC/C=C\C/C=C\C/C=C\C/C=C\C/C=C\CCCCCC(=O)OC(C)CCCCCCCCCCCCCCCCCCCCCC(=O)O. The van der Waals surface area contributed by atoms with Crippen LogP contribution in [0.15, 0.2) is 60.8 Å². The molecule has 0 aromatic heterocycles. The van der Waals surface area contributed by atoms with E-state index in [0.717, 1.165) is 83.5 Å². The molecule has 0 aliphatic rings. The highest BCUT2D eigenvalue weighted by Gasteiger charge is 2.09. The van der Waals surface area contributed by atoms with Gasteiger partial charge < -0.3 is 9.84 Å². The minimum Gasteiger partial charge on any atom is -0.481 e. The fourth-order valence-electron chi connectivity index (χ4n) is 6.13. The summed E-state index contributed by atoms with van der Waals surface area (Å²) < 4.78 is 5.65. The number of aliphatic carboxylic acids is 1. The molecule has 4 heteroatoms. The second kappa shape index (κ2) is 41.1. The molecule has 0 saturated heterocycles. The van der Waals surface area contributed by atoms with E-state index in [1.807, 2.05) is 0 Å². The van der Waals surface area contributed by atoms with E-state index in [4.69, 9.17) is 9.84 Å². The predicted molar refractivity (Wildman–Crippen MR) is 218 cm³/mol. The molecule has 1 N–H and O–H groups in total. The number of hydrogen-bond acceptors (Lipinski definition) is 3. The molecule has 0 aromatic carbocycles. The summed E-state index contributed by atoms with van der Waals surface area (Å²) in [4.78, 5) is 22.7. The van der Waals surface area contributed by atoms with E-state index in [1.54, 1.807) is 0 Å².